The van der Waals surface area contributed by atoms with Crippen molar-refractivity contribution in [2.24, 2.45) is 11.8 Å². The van der Waals surface area contributed by atoms with Gasteiger partial charge in [-0.05, 0) is 56.0 Å². The number of aromatic nitrogens is 2. The third kappa shape index (κ3) is 3.24. The van der Waals surface area contributed by atoms with Gasteiger partial charge in [0.15, 0.2) is 0 Å². The lowest BCUT2D eigenvalue weighted by molar-refractivity contribution is -0.138. The Balaban J connectivity index is 1.77. The van der Waals surface area contributed by atoms with Gasteiger partial charge in [-0.1, -0.05) is 6.07 Å². The monoisotopic (exact) mass is 287 g/mol. The average molecular weight is 287 g/mol. The number of piperidine rings is 1. The molecule has 1 aromatic heterocycles. The zero-order chi connectivity index (χ0) is 14.8. The Hall–Kier alpha value is -1.88. The number of aliphatic carboxylic acids is 1. The quantitative estimate of drug-likeness (QED) is 0.805. The van der Waals surface area contributed by atoms with Crippen molar-refractivity contribution in [3.63, 3.8) is 0 Å². The zero-order valence-electron chi connectivity index (χ0n) is 12.2. The number of carbonyl (C=O) groups is 1. The van der Waals surface area contributed by atoms with Crippen molar-refractivity contribution >= 4 is 17.0 Å². The Morgan fingerprint density at radius 3 is 3.10 bits per heavy atom. The number of benzene rings is 1. The van der Waals surface area contributed by atoms with Gasteiger partial charge < -0.3 is 15.4 Å². The summed E-state index contributed by atoms with van der Waals surface area (Å²) in [6.07, 6.45) is 1.99. The molecule has 2 heterocycles. The van der Waals surface area contributed by atoms with Crippen molar-refractivity contribution in [3.8, 4) is 0 Å². The van der Waals surface area contributed by atoms with E-state index in [4.69, 9.17) is 5.11 Å². The molecule has 21 heavy (non-hydrogen) atoms. The molecular formula is C16H21N3O2. The Morgan fingerprint density at radius 2 is 2.29 bits per heavy atom. The highest BCUT2D eigenvalue weighted by atomic mass is 16.4. The number of aryl methyl sites for hydroxylation is 1. The van der Waals surface area contributed by atoms with E-state index in [1.54, 1.807) is 0 Å². The van der Waals surface area contributed by atoms with Crippen LogP contribution in [-0.2, 0) is 11.2 Å². The normalized spacial score (nSPS) is 22.5. The second-order valence-electron chi connectivity index (χ2n) is 6.02. The van der Waals surface area contributed by atoms with E-state index in [9.17, 15) is 4.79 Å². The molecule has 0 aliphatic carbocycles. The number of aromatic amines is 1. The highest BCUT2D eigenvalue weighted by Crippen LogP contribution is 2.26. The number of nitrogens with zero attached hydrogens (tertiary/aromatic N) is 1. The zero-order valence-corrected chi connectivity index (χ0v) is 12.2. The Labute approximate surface area is 123 Å². The van der Waals surface area contributed by atoms with Crippen LogP contribution < -0.4 is 5.32 Å². The first-order chi connectivity index (χ1) is 10.1. The third-order valence-electron chi connectivity index (χ3n) is 4.34. The maximum atomic E-state index is 11.0. The van der Waals surface area contributed by atoms with Crippen LogP contribution in [0.5, 0.6) is 0 Å². The van der Waals surface area contributed by atoms with E-state index in [2.05, 4.69) is 34.3 Å². The van der Waals surface area contributed by atoms with Crippen molar-refractivity contribution in [1.29, 1.82) is 0 Å². The number of hydrogen-bond acceptors (Lipinski definition) is 3. The molecule has 0 spiro atoms. The van der Waals surface area contributed by atoms with Gasteiger partial charge in [-0.3, -0.25) is 4.79 Å². The maximum Gasteiger partial charge on any atom is 0.303 e. The van der Waals surface area contributed by atoms with Crippen LogP contribution in [0.4, 0.5) is 0 Å². The lowest BCUT2D eigenvalue weighted by Gasteiger charge is -2.30. The van der Waals surface area contributed by atoms with Crippen molar-refractivity contribution < 1.29 is 9.90 Å². The minimum Gasteiger partial charge on any atom is -0.481 e. The molecule has 2 aromatic rings. The number of hydrogen-bond donors (Lipinski definition) is 3. The van der Waals surface area contributed by atoms with E-state index < -0.39 is 5.97 Å². The van der Waals surface area contributed by atoms with Gasteiger partial charge in [-0.2, -0.15) is 0 Å². The van der Waals surface area contributed by atoms with Crippen LogP contribution in [0.3, 0.4) is 0 Å². The highest BCUT2D eigenvalue weighted by molar-refractivity contribution is 5.75. The summed E-state index contributed by atoms with van der Waals surface area (Å²) < 4.78 is 0. The lowest BCUT2D eigenvalue weighted by atomic mass is 9.82. The molecule has 5 heteroatoms. The molecule has 0 unspecified atom stereocenters. The Morgan fingerprint density at radius 1 is 1.43 bits per heavy atom. The second-order valence-corrected chi connectivity index (χ2v) is 6.02. The molecule has 1 saturated heterocycles. The summed E-state index contributed by atoms with van der Waals surface area (Å²) in [5.74, 6) is 0.821. The van der Waals surface area contributed by atoms with Crippen LogP contribution >= 0.6 is 0 Å². The van der Waals surface area contributed by atoms with Crippen LogP contribution in [0.25, 0.3) is 11.0 Å². The Kier molecular flexibility index (Phi) is 3.92. The maximum absolute atomic E-state index is 11.0. The molecule has 0 bridgehead atoms. The largest absolute Gasteiger partial charge is 0.481 e. The molecule has 0 saturated carbocycles. The molecule has 1 aromatic carbocycles. The Bertz CT molecular complexity index is 650. The van der Waals surface area contributed by atoms with Crippen molar-refractivity contribution in [2.75, 3.05) is 13.1 Å². The minimum absolute atomic E-state index is 0.235. The summed E-state index contributed by atoms with van der Waals surface area (Å²) in [6, 6.07) is 6.18. The smallest absolute Gasteiger partial charge is 0.303 e. The van der Waals surface area contributed by atoms with Gasteiger partial charge in [-0.25, -0.2) is 4.98 Å². The van der Waals surface area contributed by atoms with Crippen LogP contribution in [-0.4, -0.2) is 34.1 Å². The highest BCUT2D eigenvalue weighted by Gasteiger charge is 2.27. The van der Waals surface area contributed by atoms with Crippen molar-refractivity contribution in [1.82, 2.24) is 15.3 Å². The number of imidazole rings is 1. The standard InChI is InChI=1S/C16H21N3O2/c1-10-2-3-13-14(6-10)19-15(18-13)7-12-9-17-5-4-11(12)8-16(20)21/h2-3,6,11-12,17H,4-5,7-9H2,1H3,(H,18,19)(H,20,21)/t11-,12-/m0/s1. The first-order valence-corrected chi connectivity index (χ1v) is 7.49. The SMILES string of the molecule is Cc1ccc2nc(C[C@H]3CNCC[C@H]3CC(=O)O)[nH]c2c1. The summed E-state index contributed by atoms with van der Waals surface area (Å²) in [6.45, 7) is 3.84. The predicted octanol–water partition coefficient (Wildman–Crippen LogP) is 2.11. The molecule has 1 fully saturated rings. The van der Waals surface area contributed by atoms with Crippen LogP contribution in [0, 0.1) is 18.8 Å². The van der Waals surface area contributed by atoms with Gasteiger partial charge in [0.25, 0.3) is 0 Å². The van der Waals surface area contributed by atoms with Crippen LogP contribution in [0.15, 0.2) is 18.2 Å². The van der Waals surface area contributed by atoms with Gasteiger partial charge in [-0.15, -0.1) is 0 Å². The summed E-state index contributed by atoms with van der Waals surface area (Å²) in [4.78, 5) is 19.0. The number of fused-ring (bicyclic) bond motifs is 1. The number of carboxylic acids is 1. The molecule has 5 nitrogen and oxygen atoms in total. The first kappa shape index (κ1) is 14.1. The van der Waals surface area contributed by atoms with Crippen molar-refractivity contribution in [2.45, 2.75) is 26.2 Å². The van der Waals surface area contributed by atoms with E-state index in [-0.39, 0.29) is 12.3 Å². The topological polar surface area (TPSA) is 78.0 Å². The molecule has 0 radical (unpaired) electrons. The second kappa shape index (κ2) is 5.85. The number of H-pyrrole nitrogens is 1. The fourth-order valence-corrected chi connectivity index (χ4v) is 3.23. The van der Waals surface area contributed by atoms with Gasteiger partial charge in [0.1, 0.15) is 5.82 Å². The molecule has 2 atom stereocenters. The van der Waals surface area contributed by atoms with Gasteiger partial charge in [0, 0.05) is 12.8 Å². The lowest BCUT2D eigenvalue weighted by Crippen LogP contribution is -2.38. The predicted molar refractivity (Wildman–Crippen MR) is 81.3 cm³/mol. The van der Waals surface area contributed by atoms with Gasteiger partial charge >= 0.3 is 5.97 Å². The first-order valence-electron chi connectivity index (χ1n) is 7.49. The van der Waals surface area contributed by atoms with Crippen LogP contribution in [0.1, 0.15) is 24.2 Å². The molecule has 112 valence electrons. The summed E-state index contributed by atoms with van der Waals surface area (Å²) >= 11 is 0. The van der Waals surface area contributed by atoms with E-state index in [1.807, 2.05) is 6.07 Å². The third-order valence-corrected chi connectivity index (χ3v) is 4.34. The number of carboxylic acid groups (broad SMARTS) is 1. The van der Waals surface area contributed by atoms with E-state index >= 15 is 0 Å². The van der Waals surface area contributed by atoms with Crippen LogP contribution in [0.2, 0.25) is 0 Å². The molecule has 3 N–H and O–H groups in total. The molecule has 3 rings (SSSR count). The van der Waals surface area contributed by atoms with Gasteiger partial charge in [0.05, 0.1) is 11.0 Å². The number of nitrogens with one attached hydrogen (secondary N) is 2. The number of rotatable bonds is 4. The molecule has 1 aliphatic rings. The van der Waals surface area contributed by atoms with E-state index in [0.717, 1.165) is 42.8 Å². The van der Waals surface area contributed by atoms with Gasteiger partial charge in [0.2, 0.25) is 0 Å². The molecular weight excluding hydrogens is 266 g/mol. The van der Waals surface area contributed by atoms with Crippen molar-refractivity contribution in [3.05, 3.63) is 29.6 Å². The fraction of sp³-hybridized carbons (Fsp3) is 0.500. The fourth-order valence-electron chi connectivity index (χ4n) is 3.23. The average Bonchev–Trinajstić information content (AvgIpc) is 2.82. The summed E-state index contributed by atoms with van der Waals surface area (Å²) in [5, 5.41) is 12.4. The van der Waals surface area contributed by atoms with E-state index in [1.165, 1.54) is 5.56 Å². The summed E-state index contributed by atoms with van der Waals surface area (Å²) in [7, 11) is 0. The minimum atomic E-state index is -0.702. The summed E-state index contributed by atoms with van der Waals surface area (Å²) in [5.41, 5.74) is 3.25. The van der Waals surface area contributed by atoms with E-state index in [0.29, 0.717) is 5.92 Å². The molecule has 0 amide bonds. The molecule has 1 aliphatic heterocycles.